The Morgan fingerprint density at radius 3 is 2.67 bits per heavy atom. The van der Waals surface area contributed by atoms with Gasteiger partial charge in [-0.15, -0.1) is 0 Å². The number of amides is 1. The Labute approximate surface area is 139 Å². The summed E-state index contributed by atoms with van der Waals surface area (Å²) in [6.45, 7) is 2.92. The molecular weight excluding hydrogens is 310 g/mol. The molecular formula is C18H19NO5. The van der Waals surface area contributed by atoms with E-state index in [9.17, 15) is 14.4 Å². The minimum absolute atomic E-state index is 0.192. The van der Waals surface area contributed by atoms with Gasteiger partial charge in [0.1, 0.15) is 5.58 Å². The summed E-state index contributed by atoms with van der Waals surface area (Å²) < 4.78 is 10.4. The predicted octanol–water partition coefficient (Wildman–Crippen LogP) is 2.27. The zero-order valence-electron chi connectivity index (χ0n) is 13.5. The molecule has 24 heavy (non-hydrogen) atoms. The third-order valence-corrected chi connectivity index (χ3v) is 4.12. The number of esters is 1. The Morgan fingerprint density at radius 1 is 1.17 bits per heavy atom. The molecule has 0 radical (unpaired) electrons. The van der Waals surface area contributed by atoms with Crippen molar-refractivity contribution in [3.8, 4) is 0 Å². The fourth-order valence-electron chi connectivity index (χ4n) is 2.80. The molecule has 1 aliphatic rings. The van der Waals surface area contributed by atoms with E-state index < -0.39 is 5.97 Å². The Morgan fingerprint density at radius 2 is 1.92 bits per heavy atom. The van der Waals surface area contributed by atoms with Crippen molar-refractivity contribution < 1.29 is 18.7 Å². The Bertz CT molecular complexity index is 833. The van der Waals surface area contributed by atoms with Gasteiger partial charge in [-0.05, 0) is 38.3 Å². The van der Waals surface area contributed by atoms with Crippen molar-refractivity contribution in [1.29, 1.82) is 0 Å². The van der Waals surface area contributed by atoms with Gasteiger partial charge in [-0.2, -0.15) is 0 Å². The number of likely N-dealkylation sites (tertiary alicyclic amines) is 1. The highest BCUT2D eigenvalue weighted by Gasteiger charge is 2.20. The fourth-order valence-corrected chi connectivity index (χ4v) is 2.80. The summed E-state index contributed by atoms with van der Waals surface area (Å²) in [6, 6.07) is 6.24. The maximum Gasteiger partial charge on any atom is 0.374 e. The van der Waals surface area contributed by atoms with Crippen LogP contribution in [0.4, 0.5) is 0 Å². The summed E-state index contributed by atoms with van der Waals surface area (Å²) in [7, 11) is 0. The lowest BCUT2D eigenvalue weighted by atomic mass is 10.1. The zero-order valence-corrected chi connectivity index (χ0v) is 13.5. The summed E-state index contributed by atoms with van der Waals surface area (Å²) in [6.07, 6.45) is 3.06. The molecule has 1 amide bonds. The van der Waals surface area contributed by atoms with Crippen molar-refractivity contribution in [2.75, 3.05) is 19.7 Å². The van der Waals surface area contributed by atoms with Crippen LogP contribution in [0.25, 0.3) is 11.0 Å². The number of hydrogen-bond acceptors (Lipinski definition) is 5. The first-order valence-corrected chi connectivity index (χ1v) is 8.04. The molecule has 0 aliphatic carbocycles. The lowest BCUT2D eigenvalue weighted by Gasteiger charge is -2.26. The zero-order chi connectivity index (χ0) is 17.1. The maximum absolute atomic E-state index is 12.1. The molecule has 6 heteroatoms. The number of ether oxygens (including phenoxy) is 1. The molecule has 2 aromatic rings. The number of rotatable bonds is 3. The van der Waals surface area contributed by atoms with E-state index in [0.717, 1.165) is 30.9 Å². The van der Waals surface area contributed by atoms with Crippen molar-refractivity contribution in [1.82, 2.24) is 4.90 Å². The highest BCUT2D eigenvalue weighted by atomic mass is 16.5. The normalized spacial score (nSPS) is 14.6. The van der Waals surface area contributed by atoms with Gasteiger partial charge in [0.05, 0.1) is 5.39 Å². The number of hydrogen-bond donors (Lipinski definition) is 0. The van der Waals surface area contributed by atoms with Gasteiger partial charge >= 0.3 is 5.97 Å². The minimum Gasteiger partial charge on any atom is -0.450 e. The van der Waals surface area contributed by atoms with Crippen LogP contribution in [0.1, 0.15) is 35.4 Å². The van der Waals surface area contributed by atoms with Gasteiger partial charge in [-0.25, -0.2) is 4.79 Å². The minimum atomic E-state index is -0.806. The Kier molecular flexibility index (Phi) is 4.64. The van der Waals surface area contributed by atoms with E-state index in [4.69, 9.17) is 9.15 Å². The van der Waals surface area contributed by atoms with Crippen molar-refractivity contribution in [2.45, 2.75) is 26.2 Å². The van der Waals surface area contributed by atoms with Crippen LogP contribution in [0.5, 0.6) is 0 Å². The van der Waals surface area contributed by atoms with E-state index in [1.54, 1.807) is 23.1 Å². The van der Waals surface area contributed by atoms with Gasteiger partial charge in [0.2, 0.25) is 5.76 Å². The Balaban J connectivity index is 1.71. The standard InChI is InChI=1S/C18H19NO5/c1-12-5-6-15-13(9-12)14(20)10-16(24-15)18(22)23-11-17(21)19-7-3-2-4-8-19/h5-6,9-10H,2-4,7-8,11H2,1H3. The number of nitrogens with zero attached hydrogens (tertiary/aromatic N) is 1. The van der Waals surface area contributed by atoms with Gasteiger partial charge in [0.15, 0.2) is 12.0 Å². The maximum atomic E-state index is 12.1. The second-order valence-electron chi connectivity index (χ2n) is 5.99. The van der Waals surface area contributed by atoms with E-state index in [1.807, 2.05) is 6.92 Å². The van der Waals surface area contributed by atoms with E-state index in [2.05, 4.69) is 0 Å². The van der Waals surface area contributed by atoms with Gasteiger partial charge in [0.25, 0.3) is 5.91 Å². The van der Waals surface area contributed by atoms with Crippen LogP contribution in [-0.4, -0.2) is 36.5 Å². The van der Waals surface area contributed by atoms with E-state index in [1.165, 1.54) is 0 Å². The van der Waals surface area contributed by atoms with Crippen LogP contribution >= 0.6 is 0 Å². The van der Waals surface area contributed by atoms with Crippen molar-refractivity contribution >= 4 is 22.8 Å². The van der Waals surface area contributed by atoms with Crippen LogP contribution < -0.4 is 5.43 Å². The van der Waals surface area contributed by atoms with Crippen molar-refractivity contribution in [2.24, 2.45) is 0 Å². The average molecular weight is 329 g/mol. The van der Waals surface area contributed by atoms with E-state index in [-0.39, 0.29) is 23.7 Å². The van der Waals surface area contributed by atoms with Crippen LogP contribution in [-0.2, 0) is 9.53 Å². The monoisotopic (exact) mass is 329 g/mol. The molecule has 6 nitrogen and oxygen atoms in total. The first kappa shape index (κ1) is 16.2. The third kappa shape index (κ3) is 3.48. The lowest BCUT2D eigenvalue weighted by molar-refractivity contribution is -0.135. The highest BCUT2D eigenvalue weighted by molar-refractivity contribution is 5.90. The van der Waals surface area contributed by atoms with Gasteiger partial charge in [0, 0.05) is 19.2 Å². The molecule has 0 spiro atoms. The van der Waals surface area contributed by atoms with Crippen molar-refractivity contribution in [3.05, 3.63) is 45.8 Å². The molecule has 0 atom stereocenters. The topological polar surface area (TPSA) is 76.8 Å². The molecule has 126 valence electrons. The number of fused-ring (bicyclic) bond motifs is 1. The summed E-state index contributed by atoms with van der Waals surface area (Å²) >= 11 is 0. The number of carbonyl (C=O) groups excluding carboxylic acids is 2. The molecule has 0 bridgehead atoms. The molecule has 1 aromatic carbocycles. The van der Waals surface area contributed by atoms with Crippen LogP contribution in [0.15, 0.2) is 33.5 Å². The molecule has 1 fully saturated rings. The summed E-state index contributed by atoms with van der Waals surface area (Å²) in [5.41, 5.74) is 0.939. The Hall–Kier alpha value is -2.63. The first-order chi connectivity index (χ1) is 11.5. The molecule has 0 saturated carbocycles. The van der Waals surface area contributed by atoms with Crippen LogP contribution in [0, 0.1) is 6.92 Å². The number of benzene rings is 1. The van der Waals surface area contributed by atoms with E-state index >= 15 is 0 Å². The largest absolute Gasteiger partial charge is 0.450 e. The molecule has 0 N–H and O–H groups in total. The summed E-state index contributed by atoms with van der Waals surface area (Å²) in [4.78, 5) is 37.9. The molecule has 2 heterocycles. The predicted molar refractivity (Wildman–Crippen MR) is 87.9 cm³/mol. The third-order valence-electron chi connectivity index (χ3n) is 4.12. The quantitative estimate of drug-likeness (QED) is 0.807. The highest BCUT2D eigenvalue weighted by Crippen LogP contribution is 2.15. The van der Waals surface area contributed by atoms with E-state index in [0.29, 0.717) is 24.1 Å². The van der Waals surface area contributed by atoms with Crippen molar-refractivity contribution in [3.63, 3.8) is 0 Å². The molecule has 0 unspecified atom stereocenters. The van der Waals surface area contributed by atoms with Gasteiger partial charge in [-0.3, -0.25) is 9.59 Å². The second kappa shape index (κ2) is 6.86. The molecule has 3 rings (SSSR count). The average Bonchev–Trinajstić information content (AvgIpc) is 2.60. The lowest BCUT2D eigenvalue weighted by Crippen LogP contribution is -2.38. The summed E-state index contributed by atoms with van der Waals surface area (Å²) in [5, 5.41) is 0.413. The van der Waals surface area contributed by atoms with Crippen LogP contribution in [0.2, 0.25) is 0 Å². The first-order valence-electron chi connectivity index (χ1n) is 8.04. The fraction of sp³-hybridized carbons (Fsp3) is 0.389. The number of piperidine rings is 1. The SMILES string of the molecule is Cc1ccc2oc(C(=O)OCC(=O)N3CCCCC3)cc(=O)c2c1. The summed E-state index contributed by atoms with van der Waals surface area (Å²) in [5.74, 6) is -1.22. The van der Waals surface area contributed by atoms with Gasteiger partial charge < -0.3 is 14.1 Å². The van der Waals surface area contributed by atoms with Crippen LogP contribution in [0.3, 0.4) is 0 Å². The van der Waals surface area contributed by atoms with Gasteiger partial charge in [-0.1, -0.05) is 11.6 Å². The smallest absolute Gasteiger partial charge is 0.374 e. The second-order valence-corrected chi connectivity index (χ2v) is 5.99. The molecule has 1 aliphatic heterocycles. The number of carbonyl (C=O) groups is 2. The molecule has 1 saturated heterocycles. The molecule has 1 aromatic heterocycles. The number of aryl methyl sites for hydroxylation is 1.